The van der Waals surface area contributed by atoms with Gasteiger partial charge in [0, 0.05) is 13.1 Å². The Bertz CT molecular complexity index is 1150. The number of H-pyrrole nitrogens is 1. The van der Waals surface area contributed by atoms with Crippen molar-refractivity contribution in [1.29, 1.82) is 0 Å². The van der Waals surface area contributed by atoms with Gasteiger partial charge >= 0.3 is 0 Å². The Morgan fingerprint density at radius 2 is 1.79 bits per heavy atom. The van der Waals surface area contributed by atoms with Crippen molar-refractivity contribution in [3.8, 4) is 0 Å². The van der Waals surface area contributed by atoms with Crippen molar-refractivity contribution in [2.24, 2.45) is 23.2 Å². The minimum Gasteiger partial charge on any atom is -0.334 e. The average Bonchev–Trinajstić information content (AvgIpc) is 3.30. The number of likely N-dealkylation sites (N-methyl/N-ethyl adjacent to an activating group) is 1. The molecular weight excluding hydrogens is 428 g/mol. The molecule has 2 heterocycles. The van der Waals surface area contributed by atoms with E-state index in [1.54, 1.807) is 11.0 Å². The molecule has 1 N–H and O–H groups in total. The first kappa shape index (κ1) is 21.8. The van der Waals surface area contributed by atoms with Crippen LogP contribution in [0.4, 0.5) is 0 Å². The van der Waals surface area contributed by atoms with Gasteiger partial charge in [0.1, 0.15) is 11.9 Å². The van der Waals surface area contributed by atoms with Gasteiger partial charge in [-0.3, -0.25) is 14.4 Å². The van der Waals surface area contributed by atoms with Gasteiger partial charge < -0.3 is 14.8 Å². The molecule has 4 saturated carbocycles. The molecule has 4 bridgehead atoms. The Morgan fingerprint density at radius 1 is 1.12 bits per heavy atom. The number of aromatic nitrogens is 2. The van der Waals surface area contributed by atoms with E-state index in [-0.39, 0.29) is 29.3 Å². The van der Waals surface area contributed by atoms with Crippen LogP contribution in [0.25, 0.3) is 10.9 Å². The van der Waals surface area contributed by atoms with Gasteiger partial charge in [0.05, 0.1) is 22.9 Å². The van der Waals surface area contributed by atoms with Crippen LogP contribution in [0.1, 0.15) is 64.1 Å². The van der Waals surface area contributed by atoms with Crippen molar-refractivity contribution in [3.05, 3.63) is 40.4 Å². The fraction of sp³-hybridized carbons (Fsp3) is 0.630. The van der Waals surface area contributed by atoms with Crippen LogP contribution < -0.4 is 5.56 Å². The number of hydrogen-bond acceptors (Lipinski definition) is 4. The lowest BCUT2D eigenvalue weighted by atomic mass is 9.49. The quantitative estimate of drug-likeness (QED) is 0.737. The number of likely N-dealkylation sites (tertiary alicyclic amines) is 1. The molecule has 5 fully saturated rings. The van der Waals surface area contributed by atoms with Gasteiger partial charge in [-0.25, -0.2) is 4.98 Å². The first-order valence-corrected chi connectivity index (χ1v) is 13.0. The number of para-hydroxylation sites is 1. The largest absolute Gasteiger partial charge is 0.334 e. The van der Waals surface area contributed by atoms with E-state index < -0.39 is 6.04 Å². The molecule has 34 heavy (non-hydrogen) atoms. The number of benzene rings is 1. The Hall–Kier alpha value is -2.70. The second-order valence-electron chi connectivity index (χ2n) is 11.2. The van der Waals surface area contributed by atoms with Gasteiger partial charge in [-0.2, -0.15) is 0 Å². The summed E-state index contributed by atoms with van der Waals surface area (Å²) in [7, 11) is 0. The van der Waals surface area contributed by atoms with E-state index in [1.165, 1.54) is 19.3 Å². The van der Waals surface area contributed by atoms with Gasteiger partial charge in [-0.05, 0) is 88.2 Å². The van der Waals surface area contributed by atoms with Crippen molar-refractivity contribution < 1.29 is 9.59 Å². The van der Waals surface area contributed by atoms with Crippen LogP contribution in [-0.2, 0) is 16.1 Å². The number of aromatic amines is 1. The van der Waals surface area contributed by atoms with Gasteiger partial charge in [-0.1, -0.05) is 12.1 Å². The smallest absolute Gasteiger partial charge is 0.258 e. The highest BCUT2D eigenvalue weighted by Gasteiger charge is 2.57. The predicted molar refractivity (Wildman–Crippen MR) is 129 cm³/mol. The Labute approximate surface area is 199 Å². The monoisotopic (exact) mass is 462 g/mol. The van der Waals surface area contributed by atoms with E-state index in [0.29, 0.717) is 47.6 Å². The molecule has 1 unspecified atom stereocenters. The van der Waals surface area contributed by atoms with E-state index in [2.05, 4.69) is 9.97 Å². The maximum atomic E-state index is 14.0. The van der Waals surface area contributed by atoms with Crippen molar-refractivity contribution >= 4 is 22.7 Å². The lowest BCUT2D eigenvalue weighted by molar-refractivity contribution is -0.162. The molecule has 1 saturated heterocycles. The molecule has 1 aromatic carbocycles. The van der Waals surface area contributed by atoms with Crippen LogP contribution in [0.3, 0.4) is 0 Å². The minimum absolute atomic E-state index is 0.0196. The van der Waals surface area contributed by atoms with Crippen LogP contribution in [-0.4, -0.2) is 50.7 Å². The number of hydrogen-bond donors (Lipinski definition) is 1. The van der Waals surface area contributed by atoms with Gasteiger partial charge in [0.2, 0.25) is 11.8 Å². The maximum absolute atomic E-state index is 14.0. The van der Waals surface area contributed by atoms with Gasteiger partial charge in [0.25, 0.3) is 5.56 Å². The summed E-state index contributed by atoms with van der Waals surface area (Å²) in [6.45, 7) is 3.37. The topological polar surface area (TPSA) is 86.4 Å². The molecule has 1 aliphatic heterocycles. The van der Waals surface area contributed by atoms with E-state index in [4.69, 9.17) is 0 Å². The normalized spacial score (nSPS) is 31.9. The van der Waals surface area contributed by atoms with E-state index in [9.17, 15) is 14.4 Å². The fourth-order valence-electron chi connectivity index (χ4n) is 7.89. The van der Waals surface area contributed by atoms with Gasteiger partial charge in [-0.15, -0.1) is 0 Å². The van der Waals surface area contributed by atoms with Gasteiger partial charge in [0.15, 0.2) is 0 Å². The summed E-state index contributed by atoms with van der Waals surface area (Å²) in [5.74, 6) is 2.82. The number of carbonyl (C=O) groups is 2. The molecule has 4 aliphatic carbocycles. The van der Waals surface area contributed by atoms with Crippen LogP contribution in [0.15, 0.2) is 29.1 Å². The highest BCUT2D eigenvalue weighted by molar-refractivity contribution is 5.91. The third-order valence-electron chi connectivity index (χ3n) is 8.99. The maximum Gasteiger partial charge on any atom is 0.258 e. The number of nitrogens with zero attached hydrogens (tertiary/aromatic N) is 3. The summed E-state index contributed by atoms with van der Waals surface area (Å²) in [6.07, 6.45) is 8.56. The number of amides is 2. The molecule has 1 aromatic heterocycles. The lowest BCUT2D eigenvalue weighted by Gasteiger charge is -2.56. The Morgan fingerprint density at radius 3 is 2.47 bits per heavy atom. The molecule has 2 amide bonds. The molecule has 2 aromatic rings. The molecule has 7 heteroatoms. The first-order valence-electron chi connectivity index (χ1n) is 13.0. The van der Waals surface area contributed by atoms with Crippen molar-refractivity contribution in [3.63, 3.8) is 0 Å². The standard InChI is InChI=1S/C27H34N4O3/c1-2-30(16-23-28-21-7-4-3-6-20(21)24(32)29-23)25(33)22-8-5-9-31(22)26(34)27-13-17-10-18(14-27)12-19(11-17)15-27/h3-4,6-7,17-19,22H,2,5,8-16H2,1H3,(H,28,29,32). The summed E-state index contributed by atoms with van der Waals surface area (Å²) in [5, 5.41) is 0.545. The zero-order valence-electron chi connectivity index (χ0n) is 20.0. The molecule has 5 aliphatic rings. The molecule has 1 atom stereocenters. The molecule has 0 radical (unpaired) electrons. The number of nitrogens with one attached hydrogen (secondary N) is 1. The Balaban J connectivity index is 1.22. The highest BCUT2D eigenvalue weighted by Crippen LogP contribution is 2.60. The third kappa shape index (κ3) is 3.55. The summed E-state index contributed by atoms with van der Waals surface area (Å²) >= 11 is 0. The zero-order chi connectivity index (χ0) is 23.4. The summed E-state index contributed by atoms with van der Waals surface area (Å²) in [4.78, 5) is 51.2. The average molecular weight is 463 g/mol. The fourth-order valence-corrected chi connectivity index (χ4v) is 7.89. The molecule has 7 nitrogen and oxygen atoms in total. The van der Waals surface area contributed by atoms with Crippen LogP contribution in [0.2, 0.25) is 0 Å². The minimum atomic E-state index is -0.396. The van der Waals surface area contributed by atoms with Crippen LogP contribution in [0, 0.1) is 23.2 Å². The molecule has 180 valence electrons. The number of rotatable bonds is 5. The number of fused-ring (bicyclic) bond motifs is 1. The molecular formula is C27H34N4O3. The van der Waals surface area contributed by atoms with Crippen molar-refractivity contribution in [2.75, 3.05) is 13.1 Å². The van der Waals surface area contributed by atoms with E-state index in [1.807, 2.05) is 30.0 Å². The summed E-state index contributed by atoms with van der Waals surface area (Å²) < 4.78 is 0. The lowest BCUT2D eigenvalue weighted by Crippen LogP contribution is -2.57. The molecule has 0 spiro atoms. The van der Waals surface area contributed by atoms with Crippen molar-refractivity contribution in [1.82, 2.24) is 19.8 Å². The highest BCUT2D eigenvalue weighted by atomic mass is 16.2. The first-order chi connectivity index (χ1) is 16.5. The van der Waals surface area contributed by atoms with Crippen molar-refractivity contribution in [2.45, 2.75) is 70.9 Å². The second kappa shape index (κ2) is 8.21. The summed E-state index contributed by atoms with van der Waals surface area (Å²) in [6, 6.07) is 6.84. The summed E-state index contributed by atoms with van der Waals surface area (Å²) in [5.41, 5.74) is 0.215. The van der Waals surface area contributed by atoms with E-state index in [0.717, 1.165) is 32.1 Å². The van der Waals surface area contributed by atoms with Crippen LogP contribution >= 0.6 is 0 Å². The predicted octanol–water partition coefficient (Wildman–Crippen LogP) is 3.48. The SMILES string of the molecule is CCN(Cc1nc2ccccc2c(=O)[nH]1)C(=O)C1CCCN1C(=O)C12CC3CC(CC(C3)C1)C2. The third-order valence-corrected chi connectivity index (χ3v) is 8.99. The second-order valence-corrected chi connectivity index (χ2v) is 11.2. The van der Waals surface area contributed by atoms with Crippen LogP contribution in [0.5, 0.6) is 0 Å². The Kier molecular flexibility index (Phi) is 5.26. The molecule has 7 rings (SSSR count). The number of carbonyl (C=O) groups excluding carboxylic acids is 2. The zero-order valence-corrected chi connectivity index (χ0v) is 20.0. The van der Waals surface area contributed by atoms with E-state index >= 15 is 0 Å².